The molecule has 0 saturated carbocycles. The van der Waals surface area contributed by atoms with Crippen LogP contribution in [0.4, 0.5) is 0 Å². The van der Waals surface area contributed by atoms with Gasteiger partial charge in [-0.25, -0.2) is 0 Å². The van der Waals surface area contributed by atoms with Crippen molar-refractivity contribution >= 4 is 27.8 Å². The second kappa shape index (κ2) is 8.71. The van der Waals surface area contributed by atoms with E-state index in [1.807, 2.05) is 30.3 Å². The molecule has 30 heavy (non-hydrogen) atoms. The summed E-state index contributed by atoms with van der Waals surface area (Å²) in [5.41, 5.74) is 4.99. The average Bonchev–Trinajstić information content (AvgIpc) is 3.27. The summed E-state index contributed by atoms with van der Waals surface area (Å²) < 4.78 is 9.73. The van der Waals surface area contributed by atoms with Crippen molar-refractivity contribution in [1.29, 1.82) is 0 Å². The predicted octanol–water partition coefficient (Wildman–Crippen LogP) is 4.19. The normalized spacial score (nSPS) is 11.6. The van der Waals surface area contributed by atoms with Crippen molar-refractivity contribution in [3.63, 3.8) is 0 Å². The van der Waals surface area contributed by atoms with E-state index in [9.17, 15) is 4.79 Å². The standard InChI is InChI=1S/C24H28N4O2/c1-17(2)28-20-10-5-4-9-19(20)23-21(28)16-22(27(23)14-15-30-3)24(29)26-13-11-18-8-6-7-12-25-18/h4-10,12,16-17H,11,13-15H2,1-3H3,(H,26,29). The van der Waals surface area contributed by atoms with Crippen molar-refractivity contribution in [3.05, 3.63) is 66.1 Å². The number of carbonyl (C=O) groups is 1. The highest BCUT2D eigenvalue weighted by molar-refractivity contribution is 6.10. The molecule has 1 aromatic carbocycles. The van der Waals surface area contributed by atoms with Crippen LogP contribution < -0.4 is 5.32 Å². The first kappa shape index (κ1) is 20.2. The zero-order valence-corrected chi connectivity index (χ0v) is 17.8. The Bertz CT molecular complexity index is 1160. The predicted molar refractivity (Wildman–Crippen MR) is 120 cm³/mol. The molecule has 156 valence electrons. The summed E-state index contributed by atoms with van der Waals surface area (Å²) in [7, 11) is 1.69. The molecule has 4 aromatic rings. The van der Waals surface area contributed by atoms with Gasteiger partial charge < -0.3 is 19.2 Å². The van der Waals surface area contributed by atoms with E-state index in [1.54, 1.807) is 13.3 Å². The molecule has 0 saturated heterocycles. The molecular weight excluding hydrogens is 376 g/mol. The Kier molecular flexibility index (Phi) is 5.86. The maximum atomic E-state index is 13.1. The van der Waals surface area contributed by atoms with Crippen LogP contribution in [0.2, 0.25) is 0 Å². The molecule has 4 rings (SSSR count). The highest BCUT2D eigenvalue weighted by atomic mass is 16.5. The number of hydrogen-bond acceptors (Lipinski definition) is 3. The molecule has 0 aliphatic rings. The van der Waals surface area contributed by atoms with Crippen molar-refractivity contribution in [2.75, 3.05) is 20.3 Å². The van der Waals surface area contributed by atoms with Gasteiger partial charge in [0.2, 0.25) is 0 Å². The number of nitrogens with one attached hydrogen (secondary N) is 1. The van der Waals surface area contributed by atoms with E-state index in [0.717, 1.165) is 22.1 Å². The molecule has 6 heteroatoms. The van der Waals surface area contributed by atoms with Crippen LogP contribution in [0.25, 0.3) is 21.9 Å². The summed E-state index contributed by atoms with van der Waals surface area (Å²) in [4.78, 5) is 17.4. The van der Waals surface area contributed by atoms with Crippen molar-refractivity contribution in [1.82, 2.24) is 19.4 Å². The summed E-state index contributed by atoms with van der Waals surface area (Å²) in [5, 5.41) is 4.22. The summed E-state index contributed by atoms with van der Waals surface area (Å²) in [6.45, 7) is 6.05. The molecule has 0 aliphatic heterocycles. The SMILES string of the molecule is COCCn1c(C(=O)NCCc2ccccn2)cc2c1c1ccccc1n2C(C)C. The van der Waals surface area contributed by atoms with Gasteiger partial charge in [0.15, 0.2) is 0 Å². The van der Waals surface area contributed by atoms with Gasteiger partial charge in [-0.05, 0) is 38.1 Å². The Hall–Kier alpha value is -3.12. The van der Waals surface area contributed by atoms with Crippen molar-refractivity contribution < 1.29 is 9.53 Å². The van der Waals surface area contributed by atoms with E-state index in [2.05, 4.69) is 51.5 Å². The first-order chi connectivity index (χ1) is 14.6. The maximum absolute atomic E-state index is 13.1. The van der Waals surface area contributed by atoms with Crippen molar-refractivity contribution in [2.24, 2.45) is 0 Å². The molecule has 0 unspecified atom stereocenters. The summed E-state index contributed by atoms with van der Waals surface area (Å²) >= 11 is 0. The first-order valence-corrected chi connectivity index (χ1v) is 10.4. The third-order valence-electron chi connectivity index (χ3n) is 5.42. The fraction of sp³-hybridized carbons (Fsp3) is 0.333. The molecule has 6 nitrogen and oxygen atoms in total. The molecule has 3 aromatic heterocycles. The van der Waals surface area contributed by atoms with Crippen molar-refractivity contribution in [3.8, 4) is 0 Å². The zero-order valence-electron chi connectivity index (χ0n) is 17.8. The molecule has 1 amide bonds. The minimum atomic E-state index is -0.0716. The van der Waals surface area contributed by atoms with Crippen LogP contribution in [-0.2, 0) is 17.7 Å². The molecule has 0 spiro atoms. The van der Waals surface area contributed by atoms with Crippen LogP contribution in [-0.4, -0.2) is 40.3 Å². The number of amides is 1. The van der Waals surface area contributed by atoms with Gasteiger partial charge in [0, 0.05) is 49.9 Å². The fourth-order valence-electron chi connectivity index (χ4n) is 4.12. The third kappa shape index (κ3) is 3.71. The summed E-state index contributed by atoms with van der Waals surface area (Å²) in [6, 6.07) is 16.5. The van der Waals surface area contributed by atoms with Crippen LogP contribution >= 0.6 is 0 Å². The topological polar surface area (TPSA) is 61.1 Å². The van der Waals surface area contributed by atoms with Gasteiger partial charge in [0.1, 0.15) is 5.69 Å². The smallest absolute Gasteiger partial charge is 0.268 e. The lowest BCUT2D eigenvalue weighted by atomic mass is 10.2. The number of fused-ring (bicyclic) bond motifs is 3. The van der Waals surface area contributed by atoms with E-state index in [-0.39, 0.29) is 11.9 Å². The Morgan fingerprint density at radius 1 is 1.13 bits per heavy atom. The number of nitrogens with zero attached hydrogens (tertiary/aromatic N) is 3. The number of methoxy groups -OCH3 is 1. The largest absolute Gasteiger partial charge is 0.383 e. The number of hydrogen-bond donors (Lipinski definition) is 1. The monoisotopic (exact) mass is 404 g/mol. The maximum Gasteiger partial charge on any atom is 0.268 e. The van der Waals surface area contributed by atoms with Gasteiger partial charge in [-0.2, -0.15) is 0 Å². The van der Waals surface area contributed by atoms with Crippen LogP contribution in [0.1, 0.15) is 36.1 Å². The lowest BCUT2D eigenvalue weighted by molar-refractivity contribution is 0.0942. The average molecular weight is 405 g/mol. The third-order valence-corrected chi connectivity index (χ3v) is 5.42. The lowest BCUT2D eigenvalue weighted by Crippen LogP contribution is -2.28. The highest BCUT2D eigenvalue weighted by Gasteiger charge is 2.22. The second-order valence-electron chi connectivity index (χ2n) is 7.72. The van der Waals surface area contributed by atoms with Crippen LogP contribution in [0.15, 0.2) is 54.7 Å². The zero-order chi connectivity index (χ0) is 21.1. The highest BCUT2D eigenvalue weighted by Crippen LogP contribution is 2.34. The van der Waals surface area contributed by atoms with Crippen LogP contribution in [0.3, 0.4) is 0 Å². The number of pyridine rings is 1. The van der Waals surface area contributed by atoms with Gasteiger partial charge in [0.05, 0.1) is 23.2 Å². The Morgan fingerprint density at radius 2 is 1.93 bits per heavy atom. The molecule has 0 atom stereocenters. The fourth-order valence-corrected chi connectivity index (χ4v) is 4.12. The number of para-hydroxylation sites is 1. The van der Waals surface area contributed by atoms with E-state index in [4.69, 9.17) is 4.74 Å². The van der Waals surface area contributed by atoms with Gasteiger partial charge in [0.25, 0.3) is 5.91 Å². The molecule has 1 N–H and O–H groups in total. The molecule has 0 fully saturated rings. The van der Waals surface area contributed by atoms with Gasteiger partial charge in [-0.1, -0.05) is 24.3 Å². The Balaban J connectivity index is 1.71. The number of carbonyl (C=O) groups excluding carboxylic acids is 1. The van der Waals surface area contributed by atoms with Gasteiger partial charge in [-0.3, -0.25) is 9.78 Å². The molecule has 3 heterocycles. The van der Waals surface area contributed by atoms with E-state index >= 15 is 0 Å². The minimum absolute atomic E-state index is 0.0716. The van der Waals surface area contributed by atoms with Crippen molar-refractivity contribution in [2.45, 2.75) is 32.9 Å². The lowest BCUT2D eigenvalue weighted by Gasteiger charge is -2.11. The minimum Gasteiger partial charge on any atom is -0.383 e. The molecule has 0 radical (unpaired) electrons. The summed E-state index contributed by atoms with van der Waals surface area (Å²) in [5.74, 6) is -0.0716. The Labute approximate surface area is 176 Å². The molecule has 0 aliphatic carbocycles. The molecule has 0 bridgehead atoms. The van der Waals surface area contributed by atoms with Crippen LogP contribution in [0, 0.1) is 0 Å². The van der Waals surface area contributed by atoms with Gasteiger partial charge >= 0.3 is 0 Å². The van der Waals surface area contributed by atoms with E-state index < -0.39 is 0 Å². The number of ether oxygens (including phenoxy) is 1. The Morgan fingerprint density at radius 3 is 2.67 bits per heavy atom. The number of rotatable bonds is 8. The van der Waals surface area contributed by atoms with E-state index in [0.29, 0.717) is 31.8 Å². The molecular formula is C24H28N4O2. The summed E-state index contributed by atoms with van der Waals surface area (Å²) in [6.07, 6.45) is 2.47. The van der Waals surface area contributed by atoms with E-state index in [1.165, 1.54) is 5.52 Å². The van der Waals surface area contributed by atoms with Gasteiger partial charge in [-0.15, -0.1) is 0 Å². The second-order valence-corrected chi connectivity index (χ2v) is 7.72. The number of benzene rings is 1. The van der Waals surface area contributed by atoms with Crippen LogP contribution in [0.5, 0.6) is 0 Å². The quantitative estimate of drug-likeness (QED) is 0.479. The number of aromatic nitrogens is 3. The first-order valence-electron chi connectivity index (χ1n) is 10.4.